The van der Waals surface area contributed by atoms with Gasteiger partial charge in [-0.25, -0.2) is 4.57 Å². The first-order chi connectivity index (χ1) is 13.7. The molecule has 0 bridgehead atoms. The summed E-state index contributed by atoms with van der Waals surface area (Å²) in [7, 11) is 0.501. The average Bonchev–Trinajstić information content (AvgIpc) is 2.64. The van der Waals surface area contributed by atoms with Crippen molar-refractivity contribution in [2.75, 3.05) is 0 Å². The van der Waals surface area contributed by atoms with Crippen molar-refractivity contribution < 1.29 is 5.94 Å². The van der Waals surface area contributed by atoms with Crippen LogP contribution >= 0.6 is 0 Å². The van der Waals surface area contributed by atoms with Crippen LogP contribution in [0.5, 0.6) is 0 Å². The number of rotatable bonds is 3. The Hall–Kier alpha value is -1.93. The van der Waals surface area contributed by atoms with Crippen molar-refractivity contribution in [3.05, 3.63) is 59.3 Å². The van der Waals surface area contributed by atoms with Gasteiger partial charge in [-0.15, -0.1) is 0 Å². The molecule has 3 rings (SSSR count). The SMILES string of the molecule is [2H]c1cc2cc([Si](C)(C)C(C)C)ccc2c(-c2cc(C(C)(C)C)cc(C)c2C)[n+]1C. The van der Waals surface area contributed by atoms with E-state index in [1.54, 1.807) is 0 Å². The van der Waals surface area contributed by atoms with E-state index in [4.69, 9.17) is 1.37 Å². The first-order valence-corrected chi connectivity index (χ1v) is 13.9. The van der Waals surface area contributed by atoms with Crippen molar-refractivity contribution in [3.8, 4) is 11.3 Å². The van der Waals surface area contributed by atoms with Gasteiger partial charge in [-0.3, -0.25) is 0 Å². The van der Waals surface area contributed by atoms with Gasteiger partial charge in [0.2, 0.25) is 5.69 Å². The molecule has 0 saturated heterocycles. The van der Waals surface area contributed by atoms with Crippen LogP contribution in [-0.4, -0.2) is 8.07 Å². The summed E-state index contributed by atoms with van der Waals surface area (Å²) in [6, 6.07) is 13.7. The number of hydrogen-bond acceptors (Lipinski definition) is 0. The maximum Gasteiger partial charge on any atom is 0.220 e. The second-order valence-electron chi connectivity index (χ2n) is 10.6. The van der Waals surface area contributed by atoms with Gasteiger partial charge in [-0.1, -0.05) is 71.1 Å². The van der Waals surface area contributed by atoms with Crippen molar-refractivity contribution in [2.45, 2.75) is 72.5 Å². The molecule has 0 aliphatic heterocycles. The third kappa shape index (κ3) is 3.92. The minimum Gasteiger partial charge on any atom is -0.200 e. The molecule has 29 heavy (non-hydrogen) atoms. The zero-order valence-corrected chi connectivity index (χ0v) is 21.0. The molecular formula is C27H38NSi+. The van der Waals surface area contributed by atoms with Gasteiger partial charge < -0.3 is 0 Å². The van der Waals surface area contributed by atoms with E-state index < -0.39 is 8.07 Å². The first kappa shape index (κ1) is 20.3. The average molecular weight is 406 g/mol. The zero-order chi connectivity index (χ0) is 22.6. The predicted molar refractivity (Wildman–Crippen MR) is 131 cm³/mol. The number of fused-ring (bicyclic) bond motifs is 1. The number of aryl methyl sites for hydroxylation is 1. The third-order valence-electron chi connectivity index (χ3n) is 7.03. The van der Waals surface area contributed by atoms with Crippen molar-refractivity contribution in [1.29, 1.82) is 0 Å². The fourth-order valence-corrected chi connectivity index (χ4v) is 5.61. The maximum absolute atomic E-state index is 8.68. The van der Waals surface area contributed by atoms with Crippen LogP contribution in [0.3, 0.4) is 0 Å². The second-order valence-corrected chi connectivity index (χ2v) is 15.8. The van der Waals surface area contributed by atoms with E-state index >= 15 is 0 Å². The van der Waals surface area contributed by atoms with Gasteiger partial charge in [0.15, 0.2) is 6.17 Å². The van der Waals surface area contributed by atoms with Gasteiger partial charge in [0.25, 0.3) is 0 Å². The van der Waals surface area contributed by atoms with Crippen LogP contribution in [-0.2, 0) is 12.5 Å². The lowest BCUT2D eigenvalue weighted by Crippen LogP contribution is -2.44. The van der Waals surface area contributed by atoms with E-state index in [1.807, 2.05) is 17.7 Å². The molecule has 0 saturated carbocycles. The van der Waals surface area contributed by atoms with Gasteiger partial charge in [0.05, 0.1) is 19.0 Å². The quantitative estimate of drug-likeness (QED) is 0.343. The van der Waals surface area contributed by atoms with E-state index in [0.29, 0.717) is 11.7 Å². The summed E-state index contributed by atoms with van der Waals surface area (Å²) in [5.74, 6) is 0. The lowest BCUT2D eigenvalue weighted by molar-refractivity contribution is -0.659. The summed E-state index contributed by atoms with van der Waals surface area (Å²) in [5.41, 5.74) is 7.11. The standard InChI is InChI=1S/C27H38NSi/c1-18(2)29(9,10)23-11-12-24-21(16-23)13-14-28(8)26(24)25-17-22(27(5,6)7)15-19(3)20(25)4/h11-18H,1-10H3/q+1/i14D. The Labute approximate surface area is 180 Å². The molecule has 0 radical (unpaired) electrons. The number of aromatic nitrogens is 1. The summed E-state index contributed by atoms with van der Waals surface area (Å²) in [5, 5.41) is 3.89. The Bertz CT molecular complexity index is 1120. The molecule has 0 aliphatic rings. The number of hydrogen-bond donors (Lipinski definition) is 0. The second kappa shape index (κ2) is 7.39. The van der Waals surface area contributed by atoms with Gasteiger partial charge >= 0.3 is 0 Å². The molecule has 154 valence electrons. The van der Waals surface area contributed by atoms with Crippen LogP contribution in [0, 0.1) is 13.8 Å². The molecule has 0 atom stereocenters. The van der Waals surface area contributed by atoms with Gasteiger partial charge in [0, 0.05) is 6.07 Å². The summed E-state index contributed by atoms with van der Waals surface area (Å²) < 4.78 is 10.7. The van der Waals surface area contributed by atoms with E-state index in [-0.39, 0.29) is 5.41 Å². The number of pyridine rings is 1. The molecule has 2 heteroatoms. The highest BCUT2D eigenvalue weighted by Crippen LogP contribution is 2.34. The van der Waals surface area contributed by atoms with Gasteiger partial charge in [-0.05, 0) is 59.0 Å². The molecule has 0 N–H and O–H groups in total. The van der Waals surface area contributed by atoms with Crippen LogP contribution in [0.1, 0.15) is 52.7 Å². The predicted octanol–water partition coefficient (Wildman–Crippen LogP) is 6.57. The van der Waals surface area contributed by atoms with E-state index in [0.717, 1.165) is 5.69 Å². The molecule has 0 amide bonds. The maximum atomic E-state index is 8.68. The van der Waals surface area contributed by atoms with Crippen LogP contribution < -0.4 is 9.75 Å². The Morgan fingerprint density at radius 2 is 1.66 bits per heavy atom. The van der Waals surface area contributed by atoms with Crippen molar-refractivity contribution in [3.63, 3.8) is 0 Å². The van der Waals surface area contributed by atoms with Crippen LogP contribution in [0.25, 0.3) is 22.0 Å². The molecule has 1 aromatic heterocycles. The molecular weight excluding hydrogens is 366 g/mol. The monoisotopic (exact) mass is 405 g/mol. The van der Waals surface area contributed by atoms with E-state index in [2.05, 4.69) is 91.9 Å². The summed E-state index contributed by atoms with van der Waals surface area (Å²) in [6.07, 6.45) is 0.553. The van der Waals surface area contributed by atoms with Crippen molar-refractivity contribution in [2.24, 2.45) is 7.05 Å². The fourth-order valence-electron chi connectivity index (χ4n) is 3.91. The Balaban J connectivity index is 2.38. The number of benzene rings is 2. The summed E-state index contributed by atoms with van der Waals surface area (Å²) in [6.45, 7) is 20.8. The minimum absolute atomic E-state index is 0.0835. The normalized spacial score (nSPS) is 13.3. The fraction of sp³-hybridized carbons (Fsp3) is 0.444. The molecule has 0 spiro atoms. The van der Waals surface area contributed by atoms with Crippen LogP contribution in [0.15, 0.2) is 42.6 Å². The van der Waals surface area contributed by atoms with Crippen molar-refractivity contribution >= 4 is 24.0 Å². The zero-order valence-electron chi connectivity index (χ0n) is 21.0. The Morgan fingerprint density at radius 1 is 1.00 bits per heavy atom. The molecule has 1 heterocycles. The Morgan fingerprint density at radius 3 is 2.24 bits per heavy atom. The van der Waals surface area contributed by atoms with E-state index in [9.17, 15) is 0 Å². The molecule has 0 aliphatic carbocycles. The molecule has 0 fully saturated rings. The van der Waals surface area contributed by atoms with Crippen LogP contribution in [0.4, 0.5) is 0 Å². The summed E-state index contributed by atoms with van der Waals surface area (Å²) >= 11 is 0. The van der Waals surface area contributed by atoms with E-state index in [1.165, 1.54) is 38.2 Å². The molecule has 2 aromatic carbocycles. The highest BCUT2D eigenvalue weighted by atomic mass is 28.3. The first-order valence-electron chi connectivity index (χ1n) is 11.3. The molecule has 1 nitrogen and oxygen atoms in total. The minimum atomic E-state index is -1.52. The topological polar surface area (TPSA) is 3.88 Å². The smallest absolute Gasteiger partial charge is 0.200 e. The molecule has 0 unspecified atom stereocenters. The lowest BCUT2D eigenvalue weighted by Gasteiger charge is -2.28. The highest BCUT2D eigenvalue weighted by molar-refractivity contribution is 6.91. The largest absolute Gasteiger partial charge is 0.220 e. The van der Waals surface area contributed by atoms with Crippen LogP contribution in [0.2, 0.25) is 18.6 Å². The highest BCUT2D eigenvalue weighted by Gasteiger charge is 2.28. The number of nitrogens with zero attached hydrogens (tertiary/aromatic N) is 1. The lowest BCUT2D eigenvalue weighted by atomic mass is 9.83. The third-order valence-corrected chi connectivity index (χ3v) is 11.7. The van der Waals surface area contributed by atoms with Gasteiger partial charge in [0.1, 0.15) is 8.42 Å². The Kier molecular flexibility index (Phi) is 5.19. The molecule has 3 aromatic rings. The van der Waals surface area contributed by atoms with Gasteiger partial charge in [-0.2, -0.15) is 0 Å². The van der Waals surface area contributed by atoms with Crippen molar-refractivity contribution in [1.82, 2.24) is 0 Å². The summed E-state index contributed by atoms with van der Waals surface area (Å²) in [4.78, 5) is 0.